The van der Waals surface area contributed by atoms with Gasteiger partial charge in [-0.2, -0.15) is 0 Å². The molecule has 5 fully saturated rings. The predicted octanol–water partition coefficient (Wildman–Crippen LogP) is 3.00. The largest absolute Gasteiger partial charge is 0.352 e. The van der Waals surface area contributed by atoms with Crippen LogP contribution >= 0.6 is 0 Å². The summed E-state index contributed by atoms with van der Waals surface area (Å²) in [4.78, 5) is 25.5. The lowest BCUT2D eigenvalue weighted by atomic mass is 9.49. The number of benzene rings is 1. The minimum Gasteiger partial charge on any atom is -0.352 e. The molecule has 1 saturated heterocycles. The third kappa shape index (κ3) is 3.94. The van der Waals surface area contributed by atoms with Crippen LogP contribution in [0.2, 0.25) is 0 Å². The smallest absolute Gasteiger partial charge is 0.251 e. The van der Waals surface area contributed by atoms with Crippen molar-refractivity contribution in [2.24, 2.45) is 23.2 Å². The quantitative estimate of drug-likeness (QED) is 0.718. The van der Waals surface area contributed by atoms with Gasteiger partial charge in [0, 0.05) is 30.1 Å². The highest BCUT2D eigenvalue weighted by Crippen LogP contribution is 2.60. The van der Waals surface area contributed by atoms with Crippen molar-refractivity contribution in [2.75, 3.05) is 13.1 Å². The second-order valence-corrected chi connectivity index (χ2v) is 10.1. The van der Waals surface area contributed by atoms with E-state index in [9.17, 15) is 9.59 Å². The minimum atomic E-state index is -0.0946. The highest BCUT2D eigenvalue weighted by molar-refractivity contribution is 5.94. The number of hydrogen-bond acceptors (Lipinski definition) is 3. The van der Waals surface area contributed by atoms with Gasteiger partial charge in [-0.3, -0.25) is 9.59 Å². The lowest BCUT2D eigenvalue weighted by Crippen LogP contribution is -2.53. The molecule has 3 N–H and O–H groups in total. The Balaban J connectivity index is 1.15. The summed E-state index contributed by atoms with van der Waals surface area (Å²) in [6.07, 6.45) is 9.49. The molecular formula is C24H33N3O2. The number of carbonyl (C=O) groups excluding carboxylic acids is 2. The van der Waals surface area contributed by atoms with Gasteiger partial charge in [-0.05, 0) is 93.4 Å². The Morgan fingerprint density at radius 3 is 2.24 bits per heavy atom. The second kappa shape index (κ2) is 7.75. The first-order valence-corrected chi connectivity index (χ1v) is 11.5. The number of amides is 2. The molecule has 2 amide bonds. The molecule has 4 bridgehead atoms. The van der Waals surface area contributed by atoms with Crippen LogP contribution in [0.25, 0.3) is 0 Å². The van der Waals surface area contributed by atoms with E-state index >= 15 is 0 Å². The van der Waals surface area contributed by atoms with Gasteiger partial charge in [-0.25, -0.2) is 0 Å². The maximum absolute atomic E-state index is 13.1. The van der Waals surface area contributed by atoms with E-state index in [2.05, 4.69) is 16.0 Å². The molecule has 1 aromatic rings. The summed E-state index contributed by atoms with van der Waals surface area (Å²) in [7, 11) is 0. The van der Waals surface area contributed by atoms with Crippen LogP contribution in [0.1, 0.15) is 67.3 Å². The van der Waals surface area contributed by atoms with Crippen molar-refractivity contribution in [2.45, 2.75) is 64.0 Å². The van der Waals surface area contributed by atoms with Crippen molar-refractivity contribution in [3.63, 3.8) is 0 Å². The summed E-state index contributed by atoms with van der Waals surface area (Å²) in [6, 6.07) is 7.90. The van der Waals surface area contributed by atoms with Crippen LogP contribution in [0, 0.1) is 23.2 Å². The van der Waals surface area contributed by atoms with E-state index in [0.717, 1.165) is 68.5 Å². The van der Waals surface area contributed by atoms with E-state index in [-0.39, 0.29) is 23.3 Å². The summed E-state index contributed by atoms with van der Waals surface area (Å²) in [5, 5.41) is 9.65. The van der Waals surface area contributed by atoms with Crippen molar-refractivity contribution < 1.29 is 9.59 Å². The monoisotopic (exact) mass is 395 g/mol. The number of nitrogens with one attached hydrogen (secondary N) is 3. The maximum Gasteiger partial charge on any atom is 0.251 e. The summed E-state index contributed by atoms with van der Waals surface area (Å²) in [6.45, 7) is 2.44. The zero-order valence-corrected chi connectivity index (χ0v) is 17.2. The Kier molecular flexibility index (Phi) is 5.10. The fraction of sp³-hybridized carbons (Fsp3) is 0.667. The minimum absolute atomic E-state index is 0.0112. The number of hydrogen-bond donors (Lipinski definition) is 3. The average Bonchev–Trinajstić information content (AvgIpc) is 2.72. The molecule has 1 heterocycles. The summed E-state index contributed by atoms with van der Waals surface area (Å²) in [5.41, 5.74) is 1.65. The van der Waals surface area contributed by atoms with Gasteiger partial charge in [0.1, 0.15) is 0 Å². The topological polar surface area (TPSA) is 70.2 Å². The third-order valence-corrected chi connectivity index (χ3v) is 7.82. The van der Waals surface area contributed by atoms with Crippen LogP contribution in [0.3, 0.4) is 0 Å². The van der Waals surface area contributed by atoms with E-state index in [1.54, 1.807) is 0 Å². The molecular weight excluding hydrogens is 362 g/mol. The van der Waals surface area contributed by atoms with Crippen molar-refractivity contribution in [1.29, 1.82) is 0 Å². The molecule has 1 unspecified atom stereocenters. The molecule has 0 spiro atoms. The van der Waals surface area contributed by atoms with Crippen LogP contribution in [0.15, 0.2) is 24.3 Å². The highest BCUT2D eigenvalue weighted by Gasteiger charge is 2.54. The maximum atomic E-state index is 13.1. The number of piperidine rings is 1. The third-order valence-electron chi connectivity index (χ3n) is 7.82. The zero-order chi connectivity index (χ0) is 19.8. The Hall–Kier alpha value is -1.88. The molecule has 29 heavy (non-hydrogen) atoms. The van der Waals surface area contributed by atoms with Crippen LogP contribution < -0.4 is 16.0 Å². The zero-order valence-electron chi connectivity index (χ0n) is 17.2. The molecule has 1 aliphatic heterocycles. The molecule has 5 nitrogen and oxygen atoms in total. The number of carbonyl (C=O) groups is 2. The average molecular weight is 396 g/mol. The van der Waals surface area contributed by atoms with E-state index in [4.69, 9.17) is 0 Å². The first-order valence-electron chi connectivity index (χ1n) is 11.5. The molecule has 1 atom stereocenters. The van der Waals surface area contributed by atoms with Crippen molar-refractivity contribution >= 4 is 11.8 Å². The Labute approximate surface area is 173 Å². The lowest BCUT2D eigenvalue weighted by molar-refractivity contribution is -0.146. The van der Waals surface area contributed by atoms with Crippen LogP contribution in [-0.2, 0) is 11.3 Å². The van der Waals surface area contributed by atoms with Gasteiger partial charge in [-0.1, -0.05) is 12.1 Å². The Bertz CT molecular complexity index is 732. The van der Waals surface area contributed by atoms with E-state index in [1.165, 1.54) is 19.3 Å². The standard InChI is InChI=1S/C24H33N3O2/c28-22(27-21-2-1-7-25-15-21)20-5-3-16(4-6-20)14-26-23(29)24-11-17-8-18(12-24)10-19(9-17)13-24/h3-6,17-19,21,25H,1-2,7-15H2,(H,26,29)(H,27,28). The second-order valence-electron chi connectivity index (χ2n) is 10.1. The summed E-state index contributed by atoms with van der Waals surface area (Å²) >= 11 is 0. The van der Waals surface area contributed by atoms with Crippen molar-refractivity contribution in [1.82, 2.24) is 16.0 Å². The van der Waals surface area contributed by atoms with Crippen molar-refractivity contribution in [3.8, 4) is 0 Å². The lowest BCUT2D eigenvalue weighted by Gasteiger charge is -2.55. The molecule has 4 saturated carbocycles. The van der Waals surface area contributed by atoms with Crippen LogP contribution in [0.5, 0.6) is 0 Å². The van der Waals surface area contributed by atoms with Gasteiger partial charge >= 0.3 is 0 Å². The van der Waals surface area contributed by atoms with Gasteiger partial charge in [0.2, 0.25) is 5.91 Å². The first kappa shape index (κ1) is 19.1. The fourth-order valence-corrected chi connectivity index (χ4v) is 6.78. The molecule has 4 aliphatic carbocycles. The summed E-state index contributed by atoms with van der Waals surface area (Å²) in [5.74, 6) is 2.60. The summed E-state index contributed by atoms with van der Waals surface area (Å²) < 4.78 is 0. The Morgan fingerprint density at radius 1 is 1.00 bits per heavy atom. The Morgan fingerprint density at radius 2 is 1.66 bits per heavy atom. The van der Waals surface area contributed by atoms with E-state index in [0.29, 0.717) is 12.1 Å². The van der Waals surface area contributed by atoms with E-state index in [1.807, 2.05) is 24.3 Å². The molecule has 156 valence electrons. The van der Waals surface area contributed by atoms with Crippen LogP contribution in [0.4, 0.5) is 0 Å². The normalized spacial score (nSPS) is 35.3. The molecule has 0 aromatic heterocycles. The van der Waals surface area contributed by atoms with Gasteiger partial charge in [-0.15, -0.1) is 0 Å². The van der Waals surface area contributed by atoms with Crippen molar-refractivity contribution in [3.05, 3.63) is 35.4 Å². The van der Waals surface area contributed by atoms with Gasteiger partial charge in [0.05, 0.1) is 0 Å². The molecule has 6 rings (SSSR count). The molecule has 1 aromatic carbocycles. The highest BCUT2D eigenvalue weighted by atomic mass is 16.2. The molecule has 5 aliphatic rings. The first-order chi connectivity index (χ1) is 14.1. The SMILES string of the molecule is O=C(NC1CCCNC1)c1ccc(CNC(=O)C23CC4CC(CC(C4)C2)C3)cc1. The molecule has 5 heteroatoms. The fourth-order valence-electron chi connectivity index (χ4n) is 6.78. The van der Waals surface area contributed by atoms with Gasteiger partial charge in [0.25, 0.3) is 5.91 Å². The van der Waals surface area contributed by atoms with Gasteiger partial charge < -0.3 is 16.0 Å². The number of rotatable bonds is 5. The van der Waals surface area contributed by atoms with Gasteiger partial charge in [0.15, 0.2) is 0 Å². The predicted molar refractivity (Wildman–Crippen MR) is 112 cm³/mol. The van der Waals surface area contributed by atoms with E-state index < -0.39 is 0 Å². The van der Waals surface area contributed by atoms with Crippen LogP contribution in [-0.4, -0.2) is 30.9 Å². The molecule has 0 radical (unpaired) electrons.